The Labute approximate surface area is 176 Å². The zero-order chi connectivity index (χ0) is 21.5. The number of thioether (sulfide) groups is 1. The Morgan fingerprint density at radius 3 is 2.63 bits per heavy atom. The van der Waals surface area contributed by atoms with E-state index in [0.29, 0.717) is 22.4 Å². The third kappa shape index (κ3) is 5.15. The molecule has 1 heterocycles. The number of rotatable bonds is 8. The van der Waals surface area contributed by atoms with E-state index in [2.05, 4.69) is 20.8 Å². The monoisotopic (exact) mass is 429 g/mol. The number of nitrogens with one attached hydrogen (secondary N) is 2. The molecule has 1 aromatic heterocycles. The molecule has 0 radical (unpaired) electrons. The summed E-state index contributed by atoms with van der Waals surface area (Å²) in [5.41, 5.74) is 0.544. The van der Waals surface area contributed by atoms with Crippen LogP contribution in [0.5, 0.6) is 5.75 Å². The molecule has 3 aromatic rings. The molecule has 156 valence electrons. The normalized spacial score (nSPS) is 10.5. The van der Waals surface area contributed by atoms with Gasteiger partial charge in [-0.15, -0.1) is 10.2 Å². The molecule has 3 rings (SSSR count). The van der Waals surface area contributed by atoms with Crippen LogP contribution in [0.3, 0.4) is 0 Å². The van der Waals surface area contributed by atoms with Crippen LogP contribution in [-0.2, 0) is 18.4 Å². The SMILES string of the molecule is COc1ccccc1NC(=O)CSc1nnc(CNC(=O)c2ccccc2F)n1C. The lowest BCUT2D eigenvalue weighted by molar-refractivity contribution is -0.113. The lowest BCUT2D eigenvalue weighted by atomic mass is 10.2. The molecule has 0 saturated carbocycles. The molecule has 0 atom stereocenters. The molecule has 2 amide bonds. The number of ether oxygens (including phenoxy) is 1. The number of hydrogen-bond donors (Lipinski definition) is 2. The quantitative estimate of drug-likeness (QED) is 0.534. The molecule has 10 heteroatoms. The molecule has 0 unspecified atom stereocenters. The Morgan fingerprint density at radius 2 is 1.87 bits per heavy atom. The summed E-state index contributed by atoms with van der Waals surface area (Å²) in [5.74, 6) is -0.186. The Kier molecular flexibility index (Phi) is 7.02. The van der Waals surface area contributed by atoms with Crippen molar-refractivity contribution in [1.29, 1.82) is 0 Å². The fourth-order valence-corrected chi connectivity index (χ4v) is 3.32. The summed E-state index contributed by atoms with van der Waals surface area (Å²) in [6, 6.07) is 12.9. The number of para-hydroxylation sites is 2. The van der Waals surface area contributed by atoms with Crippen molar-refractivity contribution in [2.75, 3.05) is 18.2 Å². The molecule has 0 saturated heterocycles. The van der Waals surface area contributed by atoms with Crippen LogP contribution in [0.15, 0.2) is 53.7 Å². The number of benzene rings is 2. The minimum absolute atomic E-state index is 0.0396. The summed E-state index contributed by atoms with van der Waals surface area (Å²) in [6.07, 6.45) is 0. The fourth-order valence-electron chi connectivity index (χ4n) is 2.59. The number of halogens is 1. The molecular formula is C20H20FN5O3S. The first-order chi connectivity index (χ1) is 14.5. The van der Waals surface area contributed by atoms with Crippen LogP contribution < -0.4 is 15.4 Å². The van der Waals surface area contributed by atoms with Crippen molar-refractivity contribution in [3.8, 4) is 5.75 Å². The number of carbonyl (C=O) groups is 2. The number of aromatic nitrogens is 3. The van der Waals surface area contributed by atoms with Gasteiger partial charge in [0.25, 0.3) is 5.91 Å². The van der Waals surface area contributed by atoms with Crippen molar-refractivity contribution in [1.82, 2.24) is 20.1 Å². The second-order valence-corrected chi connectivity index (χ2v) is 7.10. The summed E-state index contributed by atoms with van der Waals surface area (Å²) in [6.45, 7) is 0.0740. The van der Waals surface area contributed by atoms with Gasteiger partial charge in [-0.2, -0.15) is 0 Å². The number of methoxy groups -OCH3 is 1. The third-order valence-electron chi connectivity index (χ3n) is 4.16. The molecule has 0 aliphatic carbocycles. The van der Waals surface area contributed by atoms with E-state index in [1.165, 1.54) is 37.1 Å². The first kappa shape index (κ1) is 21.3. The Balaban J connectivity index is 1.54. The van der Waals surface area contributed by atoms with Crippen LogP contribution in [0.25, 0.3) is 0 Å². The van der Waals surface area contributed by atoms with Crippen molar-refractivity contribution in [2.45, 2.75) is 11.7 Å². The topological polar surface area (TPSA) is 98.1 Å². The first-order valence-electron chi connectivity index (χ1n) is 8.96. The highest BCUT2D eigenvalue weighted by Crippen LogP contribution is 2.24. The maximum absolute atomic E-state index is 13.7. The molecular weight excluding hydrogens is 409 g/mol. The van der Waals surface area contributed by atoms with Gasteiger partial charge in [-0.3, -0.25) is 9.59 Å². The summed E-state index contributed by atoms with van der Waals surface area (Å²) in [5, 5.41) is 14.0. The molecule has 0 aliphatic rings. The number of nitrogens with zero attached hydrogens (tertiary/aromatic N) is 3. The van der Waals surface area contributed by atoms with E-state index in [9.17, 15) is 14.0 Å². The average molecular weight is 429 g/mol. The van der Waals surface area contributed by atoms with E-state index in [1.807, 2.05) is 6.07 Å². The van der Waals surface area contributed by atoms with Crippen LogP contribution in [0.1, 0.15) is 16.2 Å². The number of amides is 2. The summed E-state index contributed by atoms with van der Waals surface area (Å²) in [7, 11) is 3.26. The van der Waals surface area contributed by atoms with E-state index in [1.54, 1.807) is 35.9 Å². The van der Waals surface area contributed by atoms with E-state index in [0.717, 1.165) is 0 Å². The summed E-state index contributed by atoms with van der Waals surface area (Å²) in [4.78, 5) is 24.4. The smallest absolute Gasteiger partial charge is 0.254 e. The molecule has 8 nitrogen and oxygen atoms in total. The van der Waals surface area contributed by atoms with Gasteiger partial charge in [0.15, 0.2) is 11.0 Å². The highest BCUT2D eigenvalue weighted by Gasteiger charge is 2.15. The zero-order valence-corrected chi connectivity index (χ0v) is 17.2. The molecule has 0 aliphatic heterocycles. The van der Waals surface area contributed by atoms with E-state index in [4.69, 9.17) is 4.74 Å². The lowest BCUT2D eigenvalue weighted by Gasteiger charge is -2.09. The van der Waals surface area contributed by atoms with Crippen molar-refractivity contribution < 1.29 is 18.7 Å². The minimum atomic E-state index is -0.592. The highest BCUT2D eigenvalue weighted by molar-refractivity contribution is 7.99. The van der Waals surface area contributed by atoms with Crippen molar-refractivity contribution in [3.63, 3.8) is 0 Å². The summed E-state index contributed by atoms with van der Waals surface area (Å²) < 4.78 is 20.6. The number of anilines is 1. The summed E-state index contributed by atoms with van der Waals surface area (Å²) >= 11 is 1.21. The predicted molar refractivity (Wildman–Crippen MR) is 111 cm³/mol. The van der Waals surface area contributed by atoms with Gasteiger partial charge in [-0.1, -0.05) is 36.0 Å². The molecule has 0 spiro atoms. The van der Waals surface area contributed by atoms with E-state index < -0.39 is 11.7 Å². The number of hydrogen-bond acceptors (Lipinski definition) is 6. The molecule has 0 fully saturated rings. The highest BCUT2D eigenvalue weighted by atomic mass is 32.2. The second-order valence-electron chi connectivity index (χ2n) is 6.16. The lowest BCUT2D eigenvalue weighted by Crippen LogP contribution is -2.25. The van der Waals surface area contributed by atoms with Crippen molar-refractivity contribution in [3.05, 3.63) is 65.7 Å². The van der Waals surface area contributed by atoms with E-state index in [-0.39, 0.29) is 23.8 Å². The second kappa shape index (κ2) is 9.88. The van der Waals surface area contributed by atoms with Crippen LogP contribution >= 0.6 is 11.8 Å². The van der Waals surface area contributed by atoms with Gasteiger partial charge < -0.3 is 19.9 Å². The third-order valence-corrected chi connectivity index (χ3v) is 5.18. The fraction of sp³-hybridized carbons (Fsp3) is 0.200. The van der Waals surface area contributed by atoms with Gasteiger partial charge in [0, 0.05) is 7.05 Å². The first-order valence-corrected chi connectivity index (χ1v) is 9.95. The number of carbonyl (C=O) groups excluding carboxylic acids is 2. The van der Waals surface area contributed by atoms with Gasteiger partial charge in [-0.25, -0.2) is 4.39 Å². The maximum Gasteiger partial charge on any atom is 0.254 e. The van der Waals surface area contributed by atoms with Crippen LogP contribution in [-0.4, -0.2) is 39.4 Å². The van der Waals surface area contributed by atoms with Gasteiger partial charge in [0.2, 0.25) is 5.91 Å². The molecule has 30 heavy (non-hydrogen) atoms. The largest absolute Gasteiger partial charge is 0.495 e. The minimum Gasteiger partial charge on any atom is -0.495 e. The van der Waals surface area contributed by atoms with Gasteiger partial charge >= 0.3 is 0 Å². The van der Waals surface area contributed by atoms with Gasteiger partial charge in [0.1, 0.15) is 11.6 Å². The maximum atomic E-state index is 13.7. The van der Waals surface area contributed by atoms with Crippen LogP contribution in [0, 0.1) is 5.82 Å². The molecule has 2 N–H and O–H groups in total. The van der Waals surface area contributed by atoms with Crippen LogP contribution in [0.2, 0.25) is 0 Å². The average Bonchev–Trinajstić information content (AvgIpc) is 3.10. The molecule has 2 aromatic carbocycles. The van der Waals surface area contributed by atoms with E-state index >= 15 is 0 Å². The standard InChI is InChI=1S/C20H20FN5O3S/c1-26-17(11-22-19(28)13-7-3-4-8-14(13)21)24-25-20(26)30-12-18(27)23-15-9-5-6-10-16(15)29-2/h3-10H,11-12H2,1-2H3,(H,22,28)(H,23,27). The Bertz CT molecular complexity index is 1060. The van der Waals surface area contributed by atoms with Crippen LogP contribution in [0.4, 0.5) is 10.1 Å². The molecule has 0 bridgehead atoms. The van der Waals surface area contributed by atoms with Crippen molar-refractivity contribution in [2.24, 2.45) is 7.05 Å². The Hall–Kier alpha value is -3.40. The zero-order valence-electron chi connectivity index (χ0n) is 16.4. The predicted octanol–water partition coefficient (Wildman–Crippen LogP) is 2.62. The van der Waals surface area contributed by atoms with Gasteiger partial charge in [-0.05, 0) is 24.3 Å². The van der Waals surface area contributed by atoms with Gasteiger partial charge in [0.05, 0.1) is 30.7 Å². The van der Waals surface area contributed by atoms with Crippen molar-refractivity contribution >= 4 is 29.3 Å². The Morgan fingerprint density at radius 1 is 1.13 bits per heavy atom.